The molecule has 35 valence electrons. The first-order valence-corrected chi connectivity index (χ1v) is 3.19. The first kappa shape index (κ1) is 4.63. The van der Waals surface area contributed by atoms with E-state index in [2.05, 4.69) is 15.9 Å². The van der Waals surface area contributed by atoms with E-state index < -0.39 is 0 Å². The van der Waals surface area contributed by atoms with Gasteiger partial charge in [-0.15, -0.1) is 0 Å². The van der Waals surface area contributed by atoms with E-state index in [1.165, 1.54) is 30.5 Å². The van der Waals surface area contributed by atoms with Crippen molar-refractivity contribution in [3.63, 3.8) is 0 Å². The summed E-state index contributed by atoms with van der Waals surface area (Å²) in [4.78, 5) is 1.52. The van der Waals surface area contributed by atoms with Gasteiger partial charge in [-0.2, -0.15) is 0 Å². The number of halogens is 1. The summed E-state index contributed by atoms with van der Waals surface area (Å²) in [5, 5.41) is 0. The van der Waals surface area contributed by atoms with E-state index in [-0.39, 0.29) is 0 Å². The lowest BCUT2D eigenvalue weighted by molar-refractivity contribution is 0.886. The summed E-state index contributed by atoms with van der Waals surface area (Å²) < 4.78 is 0. The normalized spacial score (nSPS) is 25.5. The molecule has 0 amide bonds. The van der Waals surface area contributed by atoms with Crippen molar-refractivity contribution in [1.29, 1.82) is 0 Å². The molecule has 1 rings (SSSR count). The van der Waals surface area contributed by atoms with Crippen LogP contribution in [0, 0.1) is 4.83 Å². The predicted molar refractivity (Wildman–Crippen MR) is 30.6 cm³/mol. The van der Waals surface area contributed by atoms with Crippen LogP contribution in [0.3, 0.4) is 0 Å². The Morgan fingerprint density at radius 2 is 1.67 bits per heavy atom. The number of hydrogen-bond acceptors (Lipinski definition) is 0. The van der Waals surface area contributed by atoms with Crippen LogP contribution < -0.4 is 0 Å². The first-order valence-electron chi connectivity index (χ1n) is 2.40. The SMILES string of the molecule is Br[C]1CCCC1. The van der Waals surface area contributed by atoms with Gasteiger partial charge >= 0.3 is 0 Å². The highest BCUT2D eigenvalue weighted by atomic mass is 79.9. The largest absolute Gasteiger partial charge is 0.0838 e. The van der Waals surface area contributed by atoms with E-state index in [1.807, 2.05) is 0 Å². The Bertz CT molecular complexity index is 37.2. The van der Waals surface area contributed by atoms with Gasteiger partial charge < -0.3 is 0 Å². The predicted octanol–water partition coefficient (Wildman–Crippen LogP) is 2.49. The highest BCUT2D eigenvalue weighted by Crippen LogP contribution is 2.31. The van der Waals surface area contributed by atoms with Crippen molar-refractivity contribution in [1.82, 2.24) is 0 Å². The van der Waals surface area contributed by atoms with Gasteiger partial charge in [0.2, 0.25) is 0 Å². The number of rotatable bonds is 0. The Balaban J connectivity index is 2.18. The van der Waals surface area contributed by atoms with Gasteiger partial charge in [-0.05, 0) is 12.8 Å². The average molecular weight is 148 g/mol. The molecule has 1 fully saturated rings. The third kappa shape index (κ3) is 0.970. The molecule has 1 aliphatic rings. The molecule has 0 unspecified atom stereocenters. The van der Waals surface area contributed by atoms with Crippen LogP contribution in [0.25, 0.3) is 0 Å². The summed E-state index contributed by atoms with van der Waals surface area (Å²) in [6.45, 7) is 0. The van der Waals surface area contributed by atoms with Crippen molar-refractivity contribution < 1.29 is 0 Å². The van der Waals surface area contributed by atoms with Gasteiger partial charge in [0.25, 0.3) is 0 Å². The lowest BCUT2D eigenvalue weighted by Gasteiger charge is -1.87. The Morgan fingerprint density at radius 1 is 1.17 bits per heavy atom. The average Bonchev–Trinajstić information content (AvgIpc) is 1.86. The van der Waals surface area contributed by atoms with Gasteiger partial charge in [-0.25, -0.2) is 0 Å². The van der Waals surface area contributed by atoms with Crippen molar-refractivity contribution in [2.75, 3.05) is 0 Å². The number of hydrogen-bond donors (Lipinski definition) is 0. The van der Waals surface area contributed by atoms with Crippen LogP contribution in [0.15, 0.2) is 0 Å². The summed E-state index contributed by atoms with van der Waals surface area (Å²) in [5.74, 6) is 0. The Hall–Kier alpha value is 0.480. The second-order valence-electron chi connectivity index (χ2n) is 1.72. The van der Waals surface area contributed by atoms with Crippen molar-refractivity contribution in [3.05, 3.63) is 4.83 Å². The monoisotopic (exact) mass is 147 g/mol. The minimum absolute atomic E-state index is 1.32. The van der Waals surface area contributed by atoms with E-state index >= 15 is 0 Å². The molecule has 0 bridgehead atoms. The molecule has 1 aliphatic carbocycles. The topological polar surface area (TPSA) is 0 Å². The fourth-order valence-corrected chi connectivity index (χ4v) is 1.32. The van der Waals surface area contributed by atoms with Crippen LogP contribution in [-0.2, 0) is 0 Å². The lowest BCUT2D eigenvalue weighted by Crippen LogP contribution is -1.68. The van der Waals surface area contributed by atoms with E-state index in [4.69, 9.17) is 0 Å². The van der Waals surface area contributed by atoms with E-state index in [1.54, 1.807) is 0 Å². The smallest absolute Gasteiger partial charge is 0.0410 e. The molecule has 0 saturated heterocycles. The fourth-order valence-electron chi connectivity index (χ4n) is 0.759. The molecule has 0 aromatic carbocycles. The molecule has 0 nitrogen and oxygen atoms in total. The van der Waals surface area contributed by atoms with Gasteiger partial charge in [0.1, 0.15) is 0 Å². The third-order valence-corrected chi connectivity index (χ3v) is 1.94. The zero-order valence-corrected chi connectivity index (χ0v) is 5.29. The molecule has 1 saturated carbocycles. The summed E-state index contributed by atoms with van der Waals surface area (Å²) >= 11 is 3.45. The van der Waals surface area contributed by atoms with Gasteiger partial charge in [-0.1, -0.05) is 28.8 Å². The molecule has 0 atom stereocenters. The van der Waals surface area contributed by atoms with Crippen LogP contribution >= 0.6 is 15.9 Å². The molecule has 6 heavy (non-hydrogen) atoms. The van der Waals surface area contributed by atoms with Gasteiger partial charge in [0.15, 0.2) is 0 Å². The quantitative estimate of drug-likeness (QED) is 0.495. The highest BCUT2D eigenvalue weighted by molar-refractivity contribution is 9.11. The molecule has 1 radical (unpaired) electrons. The van der Waals surface area contributed by atoms with Crippen LogP contribution in [0.2, 0.25) is 0 Å². The Labute approximate surface area is 47.1 Å². The van der Waals surface area contributed by atoms with Crippen LogP contribution in [0.5, 0.6) is 0 Å². The summed E-state index contributed by atoms with van der Waals surface area (Å²) in [6.07, 6.45) is 5.45. The van der Waals surface area contributed by atoms with E-state index in [0.717, 1.165) is 0 Å². The molecular weight excluding hydrogens is 140 g/mol. The van der Waals surface area contributed by atoms with E-state index in [0.29, 0.717) is 0 Å². The minimum atomic E-state index is 1.32. The van der Waals surface area contributed by atoms with Crippen molar-refractivity contribution in [3.8, 4) is 0 Å². The maximum absolute atomic E-state index is 3.45. The summed E-state index contributed by atoms with van der Waals surface area (Å²) in [7, 11) is 0. The Morgan fingerprint density at radius 3 is 1.83 bits per heavy atom. The zero-order valence-electron chi connectivity index (χ0n) is 3.71. The maximum Gasteiger partial charge on any atom is 0.0410 e. The summed E-state index contributed by atoms with van der Waals surface area (Å²) in [6, 6.07) is 0. The maximum atomic E-state index is 3.45. The van der Waals surface area contributed by atoms with Crippen LogP contribution in [0.1, 0.15) is 25.7 Å². The molecule has 0 aromatic rings. The third-order valence-electron chi connectivity index (χ3n) is 1.15. The molecule has 0 N–H and O–H groups in total. The highest BCUT2D eigenvalue weighted by Gasteiger charge is 2.10. The van der Waals surface area contributed by atoms with Crippen LogP contribution in [0.4, 0.5) is 0 Å². The first-order chi connectivity index (χ1) is 2.89. The zero-order chi connectivity index (χ0) is 4.41. The van der Waals surface area contributed by atoms with Gasteiger partial charge in [0, 0.05) is 4.83 Å². The lowest BCUT2D eigenvalue weighted by atomic mass is 10.4. The summed E-state index contributed by atoms with van der Waals surface area (Å²) in [5.41, 5.74) is 0. The van der Waals surface area contributed by atoms with Crippen LogP contribution in [-0.4, -0.2) is 0 Å². The second-order valence-corrected chi connectivity index (χ2v) is 2.85. The fraction of sp³-hybridized carbons (Fsp3) is 0.800. The minimum Gasteiger partial charge on any atom is -0.0838 e. The molecule has 0 heterocycles. The molecule has 0 aliphatic heterocycles. The molecule has 0 spiro atoms. The molecule has 1 heteroatoms. The second kappa shape index (κ2) is 1.97. The van der Waals surface area contributed by atoms with Gasteiger partial charge in [-0.3, -0.25) is 0 Å². The molecular formula is C5H8Br. The van der Waals surface area contributed by atoms with Gasteiger partial charge in [0.05, 0.1) is 0 Å². The van der Waals surface area contributed by atoms with E-state index in [9.17, 15) is 0 Å². The Kier molecular flexibility index (Phi) is 1.52. The van der Waals surface area contributed by atoms with Crippen molar-refractivity contribution in [2.24, 2.45) is 0 Å². The standard InChI is InChI=1S/C5H8Br/c6-5-3-1-2-4-5/h1-4H2. The molecule has 0 aromatic heterocycles. The van der Waals surface area contributed by atoms with Crippen molar-refractivity contribution >= 4 is 15.9 Å². The van der Waals surface area contributed by atoms with Crippen molar-refractivity contribution in [2.45, 2.75) is 25.7 Å².